The van der Waals surface area contributed by atoms with E-state index in [-0.39, 0.29) is 29.1 Å². The van der Waals surface area contributed by atoms with Gasteiger partial charge in [0.1, 0.15) is 0 Å². The molecule has 0 aliphatic rings. The molecule has 0 heterocycles. The number of aliphatic carboxylic acids is 1. The van der Waals surface area contributed by atoms with Crippen molar-refractivity contribution in [2.24, 2.45) is 5.92 Å². The fraction of sp³-hybridized carbons (Fsp3) is 0.520. The monoisotopic (exact) mass is 495 g/mol. The third kappa shape index (κ3) is 9.04. The van der Waals surface area contributed by atoms with E-state index in [1.807, 2.05) is 24.3 Å². The molecule has 0 radical (unpaired) electrons. The van der Waals surface area contributed by atoms with Crippen LogP contribution in [0.1, 0.15) is 45.4 Å². The molecule has 34 heavy (non-hydrogen) atoms. The first-order chi connectivity index (χ1) is 15.8. The minimum atomic E-state index is -3.79. The standard InChI is InChI=1S/C25H35NO6S.H2O/c1-3-4-7-15-26(16-8-17-32-2)25(29)22(12-14-24(27)28)19-33(30,31)23-13-11-20-9-5-6-10-21(20)18-23;/h5-6,9-11,13,18,22H,3-4,7-8,12,14-17,19H2,1-2H3,(H,27,28);1H2. The van der Waals surface area contributed by atoms with Gasteiger partial charge >= 0.3 is 5.97 Å². The zero-order valence-electron chi connectivity index (χ0n) is 20.0. The van der Waals surface area contributed by atoms with E-state index in [0.717, 1.165) is 30.0 Å². The van der Waals surface area contributed by atoms with Gasteiger partial charge in [-0.15, -0.1) is 0 Å². The van der Waals surface area contributed by atoms with Gasteiger partial charge in [0.05, 0.1) is 16.6 Å². The van der Waals surface area contributed by atoms with Crippen LogP contribution in [-0.2, 0) is 24.2 Å². The summed E-state index contributed by atoms with van der Waals surface area (Å²) in [6.45, 7) is 3.54. The molecule has 0 saturated carbocycles. The number of ether oxygens (including phenoxy) is 1. The number of hydrogen-bond acceptors (Lipinski definition) is 5. The van der Waals surface area contributed by atoms with Crippen LogP contribution in [0.15, 0.2) is 47.4 Å². The van der Waals surface area contributed by atoms with Crippen LogP contribution in [0.3, 0.4) is 0 Å². The number of unbranched alkanes of at least 4 members (excludes halogenated alkanes) is 2. The van der Waals surface area contributed by atoms with Gasteiger partial charge in [-0.1, -0.05) is 50.1 Å². The summed E-state index contributed by atoms with van der Waals surface area (Å²) in [5.74, 6) is -2.67. The van der Waals surface area contributed by atoms with Crippen LogP contribution < -0.4 is 0 Å². The predicted octanol–water partition coefficient (Wildman–Crippen LogP) is 3.33. The van der Waals surface area contributed by atoms with Crippen molar-refractivity contribution in [2.45, 2.75) is 50.3 Å². The molecule has 0 aromatic heterocycles. The summed E-state index contributed by atoms with van der Waals surface area (Å²) in [4.78, 5) is 26.4. The lowest BCUT2D eigenvalue weighted by Gasteiger charge is -2.27. The first-order valence-corrected chi connectivity index (χ1v) is 13.1. The molecule has 0 saturated heterocycles. The van der Waals surface area contributed by atoms with E-state index in [1.165, 1.54) is 0 Å². The predicted molar refractivity (Wildman–Crippen MR) is 133 cm³/mol. The quantitative estimate of drug-likeness (QED) is 0.377. The van der Waals surface area contributed by atoms with Crippen molar-refractivity contribution < 1.29 is 33.3 Å². The van der Waals surface area contributed by atoms with Crippen LogP contribution in [0.4, 0.5) is 0 Å². The minimum absolute atomic E-state index is 0. The lowest BCUT2D eigenvalue weighted by atomic mass is 10.0. The van der Waals surface area contributed by atoms with Crippen LogP contribution in [-0.4, -0.2) is 68.3 Å². The van der Waals surface area contributed by atoms with Crippen molar-refractivity contribution in [3.63, 3.8) is 0 Å². The Balaban J connectivity index is 0.00000578. The smallest absolute Gasteiger partial charge is 0.303 e. The summed E-state index contributed by atoms with van der Waals surface area (Å²) in [6, 6.07) is 12.4. The average molecular weight is 496 g/mol. The van der Waals surface area contributed by atoms with E-state index in [2.05, 4.69) is 6.92 Å². The molecule has 3 N–H and O–H groups in total. The fourth-order valence-electron chi connectivity index (χ4n) is 3.84. The Labute approximate surface area is 202 Å². The molecule has 0 aliphatic carbocycles. The number of amides is 1. The molecular weight excluding hydrogens is 458 g/mol. The van der Waals surface area contributed by atoms with Crippen molar-refractivity contribution in [2.75, 3.05) is 32.6 Å². The summed E-state index contributed by atoms with van der Waals surface area (Å²) in [5.41, 5.74) is 0. The molecule has 8 nitrogen and oxygen atoms in total. The number of nitrogens with zero attached hydrogens (tertiary/aromatic N) is 1. The average Bonchev–Trinajstić information content (AvgIpc) is 2.80. The van der Waals surface area contributed by atoms with Crippen molar-refractivity contribution in [3.05, 3.63) is 42.5 Å². The van der Waals surface area contributed by atoms with E-state index in [0.29, 0.717) is 26.1 Å². The first kappa shape index (κ1) is 29.5. The Morgan fingerprint density at radius 3 is 2.35 bits per heavy atom. The molecule has 0 spiro atoms. The number of rotatable bonds is 15. The molecule has 2 aromatic rings. The highest BCUT2D eigenvalue weighted by Gasteiger charge is 2.30. The Hall–Kier alpha value is -2.49. The summed E-state index contributed by atoms with van der Waals surface area (Å²) in [6.07, 6.45) is 3.14. The van der Waals surface area contributed by atoms with Gasteiger partial charge in [0.25, 0.3) is 0 Å². The molecule has 1 atom stereocenters. The molecule has 1 amide bonds. The Bertz CT molecular complexity index is 1010. The Morgan fingerprint density at radius 1 is 1.03 bits per heavy atom. The van der Waals surface area contributed by atoms with E-state index in [4.69, 9.17) is 4.74 Å². The second-order valence-corrected chi connectivity index (χ2v) is 10.3. The van der Waals surface area contributed by atoms with Crippen LogP contribution in [0.2, 0.25) is 0 Å². The molecule has 0 aliphatic heterocycles. The molecule has 190 valence electrons. The molecule has 9 heteroatoms. The summed E-state index contributed by atoms with van der Waals surface area (Å²) < 4.78 is 31.6. The molecule has 2 aromatic carbocycles. The third-order valence-corrected chi connectivity index (χ3v) is 7.49. The van der Waals surface area contributed by atoms with Gasteiger partial charge in [-0.25, -0.2) is 8.42 Å². The molecule has 2 rings (SSSR count). The normalized spacial score (nSPS) is 12.2. The summed E-state index contributed by atoms with van der Waals surface area (Å²) in [7, 11) is -2.20. The highest BCUT2D eigenvalue weighted by atomic mass is 32.2. The van der Waals surface area contributed by atoms with E-state index in [1.54, 1.807) is 30.2 Å². The third-order valence-electron chi connectivity index (χ3n) is 5.68. The highest BCUT2D eigenvalue weighted by Crippen LogP contribution is 2.24. The van der Waals surface area contributed by atoms with Gasteiger partial charge < -0.3 is 20.2 Å². The zero-order chi connectivity index (χ0) is 24.3. The zero-order valence-corrected chi connectivity index (χ0v) is 20.9. The van der Waals surface area contributed by atoms with E-state index >= 15 is 0 Å². The number of carboxylic acid groups (broad SMARTS) is 1. The fourth-order valence-corrected chi connectivity index (χ4v) is 5.45. The molecule has 1 unspecified atom stereocenters. The number of benzene rings is 2. The largest absolute Gasteiger partial charge is 0.481 e. The highest BCUT2D eigenvalue weighted by molar-refractivity contribution is 7.91. The SMILES string of the molecule is CCCCCN(CCCOC)C(=O)C(CCC(=O)O)CS(=O)(=O)c1ccc2ccccc2c1.O. The van der Waals surface area contributed by atoms with E-state index in [9.17, 15) is 23.1 Å². The topological polar surface area (TPSA) is 132 Å². The van der Waals surface area contributed by atoms with Gasteiger partial charge in [0.15, 0.2) is 9.84 Å². The van der Waals surface area contributed by atoms with Crippen LogP contribution in [0, 0.1) is 5.92 Å². The summed E-state index contributed by atoms with van der Waals surface area (Å²) >= 11 is 0. The van der Waals surface area contributed by atoms with Crippen molar-refractivity contribution >= 4 is 32.5 Å². The maximum atomic E-state index is 13.4. The van der Waals surface area contributed by atoms with Gasteiger partial charge in [0, 0.05) is 33.2 Å². The molecule has 0 bridgehead atoms. The number of hydrogen-bond donors (Lipinski definition) is 1. The number of carboxylic acids is 1. The van der Waals surface area contributed by atoms with Gasteiger partial charge in [0.2, 0.25) is 5.91 Å². The van der Waals surface area contributed by atoms with Crippen LogP contribution in [0.5, 0.6) is 0 Å². The number of fused-ring (bicyclic) bond motifs is 1. The number of carbonyl (C=O) groups excluding carboxylic acids is 1. The van der Waals surface area contributed by atoms with Gasteiger partial charge in [-0.05, 0) is 42.2 Å². The van der Waals surface area contributed by atoms with Crippen molar-refractivity contribution in [1.29, 1.82) is 0 Å². The first-order valence-electron chi connectivity index (χ1n) is 11.5. The van der Waals surface area contributed by atoms with E-state index < -0.39 is 27.5 Å². The second kappa shape index (κ2) is 14.7. The second-order valence-electron chi connectivity index (χ2n) is 8.30. The maximum Gasteiger partial charge on any atom is 0.303 e. The minimum Gasteiger partial charge on any atom is -0.481 e. The van der Waals surface area contributed by atoms with Crippen molar-refractivity contribution in [1.82, 2.24) is 4.90 Å². The lowest BCUT2D eigenvalue weighted by Crippen LogP contribution is -2.40. The number of methoxy groups -OCH3 is 1. The van der Waals surface area contributed by atoms with Gasteiger partial charge in [-0.2, -0.15) is 0 Å². The van der Waals surface area contributed by atoms with Crippen molar-refractivity contribution in [3.8, 4) is 0 Å². The molecule has 0 fully saturated rings. The van der Waals surface area contributed by atoms with Crippen LogP contribution >= 0.6 is 0 Å². The lowest BCUT2D eigenvalue weighted by molar-refractivity contribution is -0.138. The summed E-state index contributed by atoms with van der Waals surface area (Å²) in [5, 5.41) is 10.9. The number of carbonyl (C=O) groups is 2. The molecular formula is C25H37NO7S. The Kier molecular flexibility index (Phi) is 12.8. The Morgan fingerprint density at radius 2 is 1.71 bits per heavy atom. The maximum absolute atomic E-state index is 13.4. The van der Waals surface area contributed by atoms with Crippen LogP contribution in [0.25, 0.3) is 10.8 Å². The number of sulfone groups is 1. The van der Waals surface area contributed by atoms with Gasteiger partial charge in [-0.3, -0.25) is 9.59 Å².